The zero-order valence-electron chi connectivity index (χ0n) is 13.5. The maximum Gasteiger partial charge on any atom is 0.416 e. The number of benzene rings is 2. The van der Waals surface area contributed by atoms with Crippen molar-refractivity contribution in [3.63, 3.8) is 0 Å². The fraction of sp³-hybridized carbons (Fsp3) is 0.125. The topological polar surface area (TPSA) is 123 Å². The third-order valence-electron chi connectivity index (χ3n) is 3.25. The number of nitrogens with two attached hydrogens (primary N) is 3. The van der Waals surface area contributed by atoms with Crippen molar-refractivity contribution in [2.45, 2.75) is 6.18 Å². The molecule has 0 saturated heterocycles. The Morgan fingerprint density at radius 2 is 1.69 bits per heavy atom. The Balaban J connectivity index is 2.24. The van der Waals surface area contributed by atoms with Crippen LogP contribution in [-0.2, 0) is 11.0 Å². The minimum Gasteiger partial charge on any atom is -0.382 e. The fourth-order valence-electron chi connectivity index (χ4n) is 2.10. The normalized spacial score (nSPS) is 11.9. The summed E-state index contributed by atoms with van der Waals surface area (Å²) in [5.41, 5.74) is 11.5. The molecular formula is C16H17F3N6O. The standard InChI is InChI=1S/C16H17F3N6O/c17-16(18,19)10-5-7-11(8-6-10)23-13-4-2-1-3-12(13)15(21)24-25(22)9-14(20)26/h1-8,23H,9,22H2,(H2,20,26)(H2,21,24). The van der Waals surface area contributed by atoms with Crippen LogP contribution in [0.25, 0.3) is 0 Å². The molecule has 0 aliphatic carbocycles. The van der Waals surface area contributed by atoms with E-state index in [9.17, 15) is 18.0 Å². The van der Waals surface area contributed by atoms with Gasteiger partial charge in [-0.05, 0) is 36.4 Å². The average Bonchev–Trinajstić information content (AvgIpc) is 2.54. The van der Waals surface area contributed by atoms with E-state index in [1.54, 1.807) is 24.3 Å². The lowest BCUT2D eigenvalue weighted by Crippen LogP contribution is -2.37. The van der Waals surface area contributed by atoms with Gasteiger partial charge in [0.15, 0.2) is 5.84 Å². The summed E-state index contributed by atoms with van der Waals surface area (Å²) in [4.78, 5) is 10.8. The molecule has 7 N–H and O–H groups in total. The van der Waals surface area contributed by atoms with E-state index < -0.39 is 17.6 Å². The smallest absolute Gasteiger partial charge is 0.382 e. The van der Waals surface area contributed by atoms with Crippen LogP contribution in [0.5, 0.6) is 0 Å². The first-order chi connectivity index (χ1) is 12.2. The number of carbonyl (C=O) groups is 1. The van der Waals surface area contributed by atoms with Crippen LogP contribution in [-0.4, -0.2) is 23.4 Å². The number of amidine groups is 1. The van der Waals surface area contributed by atoms with E-state index in [0.717, 1.165) is 17.3 Å². The molecule has 0 fully saturated rings. The second-order valence-electron chi connectivity index (χ2n) is 5.29. The summed E-state index contributed by atoms with van der Waals surface area (Å²) in [6.45, 7) is -0.324. The Hall–Kier alpha value is -3.27. The zero-order chi connectivity index (χ0) is 19.3. The Kier molecular flexibility index (Phi) is 5.68. The SMILES string of the molecule is NC(=O)CN(N)/N=C(\N)c1ccccc1Nc1ccc(C(F)(F)F)cc1. The molecule has 0 aromatic heterocycles. The molecule has 0 aliphatic heterocycles. The van der Waals surface area contributed by atoms with Gasteiger partial charge in [-0.3, -0.25) is 4.79 Å². The number of rotatable bonds is 6. The van der Waals surface area contributed by atoms with E-state index in [4.69, 9.17) is 17.3 Å². The van der Waals surface area contributed by atoms with E-state index in [1.165, 1.54) is 12.1 Å². The predicted molar refractivity (Wildman–Crippen MR) is 92.0 cm³/mol. The number of halogens is 3. The number of primary amides is 1. The van der Waals surface area contributed by atoms with Crippen LogP contribution in [0.2, 0.25) is 0 Å². The number of para-hydroxylation sites is 1. The number of nitrogens with one attached hydrogen (secondary N) is 1. The largest absolute Gasteiger partial charge is 0.416 e. The molecule has 0 aliphatic rings. The van der Waals surface area contributed by atoms with E-state index in [-0.39, 0.29) is 12.4 Å². The molecule has 0 bridgehead atoms. The van der Waals surface area contributed by atoms with Crippen LogP contribution in [0.1, 0.15) is 11.1 Å². The number of carbonyl (C=O) groups excluding carboxylic acids is 1. The number of hydrogen-bond donors (Lipinski definition) is 4. The van der Waals surface area contributed by atoms with Gasteiger partial charge in [0.05, 0.1) is 5.56 Å². The maximum absolute atomic E-state index is 12.6. The Labute approximate surface area is 147 Å². The highest BCUT2D eigenvalue weighted by molar-refractivity contribution is 6.02. The lowest BCUT2D eigenvalue weighted by Gasteiger charge is -2.15. The number of nitrogens with zero attached hydrogens (tertiary/aromatic N) is 2. The van der Waals surface area contributed by atoms with Gasteiger partial charge >= 0.3 is 6.18 Å². The Bertz CT molecular complexity index is 804. The molecule has 0 radical (unpaired) electrons. The lowest BCUT2D eigenvalue weighted by atomic mass is 10.1. The number of amides is 1. The van der Waals surface area contributed by atoms with Crippen molar-refractivity contribution in [3.8, 4) is 0 Å². The summed E-state index contributed by atoms with van der Waals surface area (Å²) >= 11 is 0. The average molecular weight is 366 g/mol. The van der Waals surface area contributed by atoms with Crippen molar-refractivity contribution >= 4 is 23.1 Å². The van der Waals surface area contributed by atoms with Gasteiger partial charge < -0.3 is 16.8 Å². The first-order valence-electron chi connectivity index (χ1n) is 7.35. The van der Waals surface area contributed by atoms with E-state index in [2.05, 4.69) is 10.4 Å². The van der Waals surface area contributed by atoms with Crippen LogP contribution in [0.3, 0.4) is 0 Å². The van der Waals surface area contributed by atoms with Gasteiger partial charge in [0.25, 0.3) is 0 Å². The van der Waals surface area contributed by atoms with Crippen LogP contribution < -0.4 is 22.6 Å². The van der Waals surface area contributed by atoms with Crippen molar-refractivity contribution in [2.75, 3.05) is 11.9 Å². The van der Waals surface area contributed by atoms with E-state index >= 15 is 0 Å². The molecule has 0 atom stereocenters. The van der Waals surface area contributed by atoms with Gasteiger partial charge in [0.2, 0.25) is 5.91 Å². The molecular weight excluding hydrogens is 349 g/mol. The second-order valence-corrected chi connectivity index (χ2v) is 5.29. The number of hydrazone groups is 1. The van der Waals surface area contributed by atoms with Crippen molar-refractivity contribution in [2.24, 2.45) is 22.4 Å². The molecule has 138 valence electrons. The van der Waals surface area contributed by atoms with Gasteiger partial charge in [-0.15, -0.1) is 5.10 Å². The van der Waals surface area contributed by atoms with Gasteiger partial charge in [0.1, 0.15) is 6.54 Å². The van der Waals surface area contributed by atoms with E-state index in [0.29, 0.717) is 16.9 Å². The van der Waals surface area contributed by atoms with Crippen LogP contribution in [0.15, 0.2) is 53.6 Å². The predicted octanol–water partition coefficient (Wildman–Crippen LogP) is 1.73. The minimum atomic E-state index is -4.40. The molecule has 0 unspecified atom stereocenters. The molecule has 0 saturated carbocycles. The van der Waals surface area contributed by atoms with Crippen LogP contribution in [0.4, 0.5) is 24.5 Å². The molecule has 2 aromatic carbocycles. The highest BCUT2D eigenvalue weighted by Crippen LogP contribution is 2.30. The summed E-state index contributed by atoms with van der Waals surface area (Å²) in [7, 11) is 0. The molecule has 2 aromatic rings. The number of hydrogen-bond acceptors (Lipinski definition) is 5. The summed E-state index contributed by atoms with van der Waals surface area (Å²) < 4.78 is 37.9. The summed E-state index contributed by atoms with van der Waals surface area (Å²) in [5.74, 6) is 4.83. The number of hydrazine groups is 1. The van der Waals surface area contributed by atoms with Gasteiger partial charge in [-0.25, -0.2) is 11.0 Å². The first kappa shape index (κ1) is 19.1. The Morgan fingerprint density at radius 3 is 2.27 bits per heavy atom. The molecule has 10 heteroatoms. The van der Waals surface area contributed by atoms with Gasteiger partial charge in [-0.2, -0.15) is 13.2 Å². The van der Waals surface area contributed by atoms with E-state index in [1.807, 2.05) is 0 Å². The van der Waals surface area contributed by atoms with Crippen LogP contribution in [0, 0.1) is 0 Å². The third kappa shape index (κ3) is 5.11. The third-order valence-corrected chi connectivity index (χ3v) is 3.25. The monoisotopic (exact) mass is 366 g/mol. The first-order valence-corrected chi connectivity index (χ1v) is 7.35. The molecule has 0 spiro atoms. The summed E-state index contributed by atoms with van der Waals surface area (Å²) in [6.07, 6.45) is -4.40. The fourth-order valence-corrected chi connectivity index (χ4v) is 2.10. The van der Waals surface area contributed by atoms with Crippen molar-refractivity contribution in [1.82, 2.24) is 5.12 Å². The highest BCUT2D eigenvalue weighted by atomic mass is 19.4. The highest BCUT2D eigenvalue weighted by Gasteiger charge is 2.29. The summed E-state index contributed by atoms with van der Waals surface area (Å²) in [6, 6.07) is 11.3. The van der Waals surface area contributed by atoms with Gasteiger partial charge in [-0.1, -0.05) is 12.1 Å². The van der Waals surface area contributed by atoms with Crippen molar-refractivity contribution < 1.29 is 18.0 Å². The number of alkyl halides is 3. The number of anilines is 2. The molecule has 0 heterocycles. The molecule has 1 amide bonds. The van der Waals surface area contributed by atoms with Crippen molar-refractivity contribution in [3.05, 3.63) is 59.7 Å². The van der Waals surface area contributed by atoms with Gasteiger partial charge in [0, 0.05) is 16.9 Å². The maximum atomic E-state index is 12.6. The lowest BCUT2D eigenvalue weighted by molar-refractivity contribution is -0.137. The second kappa shape index (κ2) is 7.74. The minimum absolute atomic E-state index is 0.00348. The molecule has 26 heavy (non-hydrogen) atoms. The van der Waals surface area contributed by atoms with Crippen LogP contribution >= 0.6 is 0 Å². The molecule has 2 rings (SSSR count). The Morgan fingerprint density at radius 1 is 1.08 bits per heavy atom. The van der Waals surface area contributed by atoms with Crippen molar-refractivity contribution in [1.29, 1.82) is 0 Å². The zero-order valence-corrected chi connectivity index (χ0v) is 13.5. The molecule has 7 nitrogen and oxygen atoms in total. The summed E-state index contributed by atoms with van der Waals surface area (Å²) in [5, 5.41) is 7.62. The quantitative estimate of drug-likeness (QED) is 0.268.